The Bertz CT molecular complexity index is 1000. The third kappa shape index (κ3) is 3.69. The summed E-state index contributed by atoms with van der Waals surface area (Å²) in [5, 5.41) is 18.2. The Morgan fingerprint density at radius 3 is 2.59 bits per heavy atom. The minimum atomic E-state index is -0.662. The van der Waals surface area contributed by atoms with Gasteiger partial charge in [-0.05, 0) is 48.8 Å². The molecule has 6 heteroatoms. The van der Waals surface area contributed by atoms with E-state index in [2.05, 4.69) is 40.9 Å². The summed E-state index contributed by atoms with van der Waals surface area (Å²) in [4.78, 5) is 10.8. The second-order valence-corrected chi connectivity index (χ2v) is 7.65. The van der Waals surface area contributed by atoms with Gasteiger partial charge in [-0.25, -0.2) is 0 Å². The SMILES string of the molecule is CC(C)N1CC2=C(OC(=N)C(C#N)C2c2cccnc2)/C(=C/c2cccnc2)C1. The van der Waals surface area contributed by atoms with Crippen molar-refractivity contribution in [1.29, 1.82) is 10.7 Å². The first-order valence-electron chi connectivity index (χ1n) is 9.72. The maximum absolute atomic E-state index is 9.81. The van der Waals surface area contributed by atoms with Crippen LogP contribution in [0.15, 0.2) is 66.0 Å². The molecule has 0 radical (unpaired) electrons. The van der Waals surface area contributed by atoms with Crippen molar-refractivity contribution in [1.82, 2.24) is 14.9 Å². The van der Waals surface area contributed by atoms with E-state index < -0.39 is 5.92 Å². The summed E-state index contributed by atoms with van der Waals surface area (Å²) in [6.07, 6.45) is 9.14. The number of hydrogen-bond acceptors (Lipinski definition) is 6. The van der Waals surface area contributed by atoms with E-state index >= 15 is 0 Å². The first kappa shape index (κ1) is 19.0. The first-order valence-corrected chi connectivity index (χ1v) is 9.72. The number of nitriles is 1. The topological polar surface area (TPSA) is 85.9 Å². The third-order valence-electron chi connectivity index (χ3n) is 5.47. The molecule has 0 saturated carbocycles. The number of ether oxygens (including phenoxy) is 1. The Morgan fingerprint density at radius 1 is 1.21 bits per heavy atom. The van der Waals surface area contributed by atoms with Gasteiger partial charge in [0.15, 0.2) is 0 Å². The van der Waals surface area contributed by atoms with Gasteiger partial charge < -0.3 is 4.74 Å². The van der Waals surface area contributed by atoms with Gasteiger partial charge in [-0.2, -0.15) is 5.26 Å². The van der Waals surface area contributed by atoms with Crippen molar-refractivity contribution < 1.29 is 4.74 Å². The minimum absolute atomic E-state index is 0.00446. The monoisotopic (exact) mass is 385 g/mol. The highest BCUT2D eigenvalue weighted by Gasteiger charge is 2.42. The average molecular weight is 385 g/mol. The molecule has 0 saturated heterocycles. The molecule has 2 aliphatic heterocycles. The summed E-state index contributed by atoms with van der Waals surface area (Å²) in [6.45, 7) is 5.75. The molecule has 2 aromatic rings. The van der Waals surface area contributed by atoms with E-state index in [1.54, 1.807) is 18.6 Å². The Hall–Kier alpha value is -3.30. The zero-order valence-corrected chi connectivity index (χ0v) is 16.5. The first-order chi connectivity index (χ1) is 14.1. The van der Waals surface area contributed by atoms with Gasteiger partial charge in [0.1, 0.15) is 11.7 Å². The van der Waals surface area contributed by atoms with Crippen molar-refractivity contribution >= 4 is 12.0 Å². The third-order valence-corrected chi connectivity index (χ3v) is 5.47. The van der Waals surface area contributed by atoms with Gasteiger partial charge in [0, 0.05) is 55.4 Å². The number of rotatable bonds is 3. The molecule has 2 unspecified atom stereocenters. The fraction of sp³-hybridized carbons (Fsp3) is 0.304. The zero-order chi connectivity index (χ0) is 20.4. The van der Waals surface area contributed by atoms with Crippen LogP contribution < -0.4 is 0 Å². The van der Waals surface area contributed by atoms with Gasteiger partial charge in [0.05, 0.1) is 6.07 Å². The van der Waals surface area contributed by atoms with E-state index in [0.717, 1.165) is 34.6 Å². The fourth-order valence-electron chi connectivity index (χ4n) is 3.97. The van der Waals surface area contributed by atoms with Crippen LogP contribution in [-0.4, -0.2) is 39.9 Å². The number of nitrogens with zero attached hydrogens (tertiary/aromatic N) is 4. The van der Waals surface area contributed by atoms with Crippen LogP contribution >= 0.6 is 0 Å². The molecule has 146 valence electrons. The maximum atomic E-state index is 9.81. The van der Waals surface area contributed by atoms with E-state index in [-0.39, 0.29) is 11.8 Å². The highest BCUT2D eigenvalue weighted by molar-refractivity contribution is 5.84. The van der Waals surface area contributed by atoms with Crippen LogP contribution in [0.25, 0.3) is 6.08 Å². The average Bonchev–Trinajstić information content (AvgIpc) is 2.74. The predicted octanol–water partition coefficient (Wildman–Crippen LogP) is 3.77. The number of nitrogens with one attached hydrogen (secondary N) is 1. The van der Waals surface area contributed by atoms with Crippen LogP contribution in [0.5, 0.6) is 0 Å². The molecule has 0 spiro atoms. The molecule has 0 bridgehead atoms. The smallest absolute Gasteiger partial charge is 0.205 e. The molecule has 2 atom stereocenters. The summed E-state index contributed by atoms with van der Waals surface area (Å²) in [7, 11) is 0. The standard InChI is InChI=1S/C23H23N5O/c1-15(2)28-13-18(9-16-5-3-7-26-11-16)22-20(14-28)21(17-6-4-8-27-12-17)19(10-24)23(25)29-22/h3-9,11-12,15,19,21,25H,13-14H2,1-2H3/b18-9+,25-23?. The molecule has 0 aromatic carbocycles. The van der Waals surface area contributed by atoms with Crippen molar-refractivity contribution in [3.63, 3.8) is 0 Å². The fourth-order valence-corrected chi connectivity index (χ4v) is 3.97. The lowest BCUT2D eigenvalue weighted by Crippen LogP contribution is -2.44. The van der Waals surface area contributed by atoms with E-state index in [9.17, 15) is 5.26 Å². The molecule has 0 fully saturated rings. The van der Waals surface area contributed by atoms with Crippen molar-refractivity contribution in [3.8, 4) is 6.07 Å². The minimum Gasteiger partial charge on any atom is -0.442 e. The normalized spacial score (nSPS) is 23.7. The van der Waals surface area contributed by atoms with Crippen molar-refractivity contribution in [2.75, 3.05) is 13.1 Å². The zero-order valence-electron chi connectivity index (χ0n) is 16.5. The summed E-state index contributed by atoms with van der Waals surface area (Å²) in [5.74, 6) is -0.195. The van der Waals surface area contributed by atoms with Gasteiger partial charge in [-0.15, -0.1) is 0 Å². The Balaban J connectivity index is 1.88. The van der Waals surface area contributed by atoms with E-state index in [1.165, 1.54) is 0 Å². The molecule has 2 aromatic heterocycles. The Kier molecular flexibility index (Phi) is 5.24. The maximum Gasteiger partial charge on any atom is 0.205 e. The van der Waals surface area contributed by atoms with Gasteiger partial charge >= 0.3 is 0 Å². The van der Waals surface area contributed by atoms with E-state index in [4.69, 9.17) is 10.1 Å². The van der Waals surface area contributed by atoms with Crippen LogP contribution in [-0.2, 0) is 4.74 Å². The highest BCUT2D eigenvalue weighted by Crippen LogP contribution is 2.43. The summed E-state index contributed by atoms with van der Waals surface area (Å²) < 4.78 is 5.96. The summed E-state index contributed by atoms with van der Waals surface area (Å²) >= 11 is 0. The Labute approximate surface area is 170 Å². The van der Waals surface area contributed by atoms with Gasteiger partial charge in [0.2, 0.25) is 5.90 Å². The molecule has 4 rings (SSSR count). The molecule has 0 aliphatic carbocycles. The second kappa shape index (κ2) is 7.98. The number of pyridine rings is 2. The number of hydrogen-bond donors (Lipinski definition) is 1. The van der Waals surface area contributed by atoms with E-state index in [0.29, 0.717) is 12.6 Å². The summed E-state index contributed by atoms with van der Waals surface area (Å²) in [5.41, 5.74) is 3.96. The molecular formula is C23H23N5O. The molecule has 0 amide bonds. The van der Waals surface area contributed by atoms with Crippen LogP contribution in [0, 0.1) is 22.7 Å². The lowest BCUT2D eigenvalue weighted by molar-refractivity contribution is 0.219. The molecule has 29 heavy (non-hydrogen) atoms. The van der Waals surface area contributed by atoms with Crippen molar-refractivity contribution in [2.45, 2.75) is 25.8 Å². The molecule has 6 nitrogen and oxygen atoms in total. The van der Waals surface area contributed by atoms with Crippen LogP contribution in [0.4, 0.5) is 0 Å². The predicted molar refractivity (Wildman–Crippen MR) is 111 cm³/mol. The quantitative estimate of drug-likeness (QED) is 0.869. The molecular weight excluding hydrogens is 362 g/mol. The van der Waals surface area contributed by atoms with Crippen molar-refractivity contribution in [3.05, 3.63) is 77.1 Å². The Morgan fingerprint density at radius 2 is 1.97 bits per heavy atom. The van der Waals surface area contributed by atoms with Crippen LogP contribution in [0.3, 0.4) is 0 Å². The second-order valence-electron chi connectivity index (χ2n) is 7.65. The van der Waals surface area contributed by atoms with Gasteiger partial charge in [-0.1, -0.05) is 12.1 Å². The molecule has 1 N–H and O–H groups in total. The summed E-state index contributed by atoms with van der Waals surface area (Å²) in [6, 6.07) is 10.4. The van der Waals surface area contributed by atoms with Crippen molar-refractivity contribution in [2.24, 2.45) is 5.92 Å². The van der Waals surface area contributed by atoms with Crippen LogP contribution in [0.1, 0.15) is 30.9 Å². The van der Waals surface area contributed by atoms with Crippen LogP contribution in [0.2, 0.25) is 0 Å². The largest absolute Gasteiger partial charge is 0.442 e. The number of aromatic nitrogens is 2. The lowest BCUT2D eigenvalue weighted by atomic mass is 9.76. The van der Waals surface area contributed by atoms with Gasteiger partial charge in [-0.3, -0.25) is 20.3 Å². The molecule has 4 heterocycles. The molecule has 2 aliphatic rings. The van der Waals surface area contributed by atoms with Gasteiger partial charge in [0.25, 0.3) is 0 Å². The lowest BCUT2D eigenvalue weighted by Gasteiger charge is -2.41. The highest BCUT2D eigenvalue weighted by atomic mass is 16.5. The van der Waals surface area contributed by atoms with E-state index in [1.807, 2.05) is 30.5 Å².